The number of amides is 1. The lowest BCUT2D eigenvalue weighted by Crippen LogP contribution is -2.30. The van der Waals surface area contributed by atoms with Gasteiger partial charge in [-0.3, -0.25) is 4.79 Å². The van der Waals surface area contributed by atoms with Gasteiger partial charge in [-0.25, -0.2) is 4.39 Å². The van der Waals surface area contributed by atoms with Gasteiger partial charge in [-0.1, -0.05) is 0 Å². The fourth-order valence-electron chi connectivity index (χ4n) is 1.64. The molecule has 94 valence electrons. The molecule has 0 aliphatic heterocycles. The van der Waals surface area contributed by atoms with E-state index in [1.807, 2.05) is 18.4 Å². The van der Waals surface area contributed by atoms with Gasteiger partial charge in [0.25, 0.3) is 5.91 Å². The molecule has 2 rings (SSSR count). The maximum absolute atomic E-state index is 12.9. The van der Waals surface area contributed by atoms with Crippen LogP contribution >= 0.6 is 33.9 Å². The van der Waals surface area contributed by atoms with Crippen molar-refractivity contribution in [3.8, 4) is 0 Å². The Labute approximate surface area is 123 Å². The van der Waals surface area contributed by atoms with Crippen molar-refractivity contribution in [2.24, 2.45) is 0 Å². The number of anilines is 1. The molecule has 0 saturated carbocycles. The molecule has 0 N–H and O–H groups in total. The molecule has 0 fully saturated rings. The molecule has 1 aromatic heterocycles. The number of halogens is 2. The number of hydrogen-bond acceptors (Lipinski definition) is 2. The van der Waals surface area contributed by atoms with E-state index >= 15 is 0 Å². The Morgan fingerprint density at radius 2 is 2.06 bits per heavy atom. The van der Waals surface area contributed by atoms with Crippen molar-refractivity contribution in [2.75, 3.05) is 11.4 Å². The van der Waals surface area contributed by atoms with Gasteiger partial charge in [-0.15, -0.1) is 11.3 Å². The van der Waals surface area contributed by atoms with E-state index in [9.17, 15) is 9.18 Å². The maximum Gasteiger partial charge on any atom is 0.259 e. The number of rotatable bonds is 3. The average molecular weight is 375 g/mol. The predicted molar refractivity (Wildman–Crippen MR) is 80.8 cm³/mol. The van der Waals surface area contributed by atoms with Crippen molar-refractivity contribution in [2.45, 2.75) is 6.92 Å². The van der Waals surface area contributed by atoms with Crippen LogP contribution in [-0.4, -0.2) is 12.5 Å². The van der Waals surface area contributed by atoms with Crippen molar-refractivity contribution in [3.05, 3.63) is 50.0 Å². The van der Waals surface area contributed by atoms with Crippen LogP contribution in [-0.2, 0) is 0 Å². The number of benzene rings is 1. The predicted octanol–water partition coefficient (Wildman–Crippen LogP) is 4.16. The molecule has 0 atom stereocenters. The highest BCUT2D eigenvalue weighted by atomic mass is 127. The molecule has 1 aromatic carbocycles. The Morgan fingerprint density at radius 1 is 1.39 bits per heavy atom. The van der Waals surface area contributed by atoms with Crippen LogP contribution in [0.2, 0.25) is 0 Å². The average Bonchev–Trinajstić information content (AvgIpc) is 2.79. The van der Waals surface area contributed by atoms with Crippen molar-refractivity contribution in [3.63, 3.8) is 0 Å². The van der Waals surface area contributed by atoms with Crippen LogP contribution in [0, 0.1) is 8.70 Å². The second kappa shape index (κ2) is 5.79. The summed E-state index contributed by atoms with van der Waals surface area (Å²) in [5.74, 6) is -0.351. The number of carbonyl (C=O) groups excluding carboxylic acids is 1. The van der Waals surface area contributed by atoms with Crippen LogP contribution in [0.15, 0.2) is 35.7 Å². The van der Waals surface area contributed by atoms with Crippen molar-refractivity contribution < 1.29 is 9.18 Å². The summed E-state index contributed by atoms with van der Waals surface area (Å²) in [5.41, 5.74) is 1.39. The van der Waals surface area contributed by atoms with Crippen molar-refractivity contribution >= 4 is 45.5 Å². The minimum absolute atomic E-state index is 0.0525. The summed E-state index contributed by atoms with van der Waals surface area (Å²) in [6, 6.07) is 7.83. The van der Waals surface area contributed by atoms with Crippen LogP contribution < -0.4 is 4.90 Å². The Kier molecular flexibility index (Phi) is 4.34. The summed E-state index contributed by atoms with van der Waals surface area (Å²) >= 11 is 3.72. The Hall–Kier alpha value is -0.950. The summed E-state index contributed by atoms with van der Waals surface area (Å²) < 4.78 is 14.0. The van der Waals surface area contributed by atoms with Crippen LogP contribution in [0.4, 0.5) is 10.1 Å². The monoisotopic (exact) mass is 375 g/mol. The van der Waals surface area contributed by atoms with Gasteiger partial charge >= 0.3 is 0 Å². The van der Waals surface area contributed by atoms with E-state index in [2.05, 4.69) is 22.6 Å². The molecule has 0 bridgehead atoms. The van der Waals surface area contributed by atoms with E-state index in [4.69, 9.17) is 0 Å². The molecule has 2 nitrogen and oxygen atoms in total. The van der Waals surface area contributed by atoms with E-state index < -0.39 is 0 Å². The highest BCUT2D eigenvalue weighted by molar-refractivity contribution is 14.1. The molecule has 1 heterocycles. The topological polar surface area (TPSA) is 20.3 Å². The smallest absolute Gasteiger partial charge is 0.259 e. The van der Waals surface area contributed by atoms with E-state index in [0.717, 1.165) is 2.88 Å². The Bertz CT molecular complexity index is 552. The first-order chi connectivity index (χ1) is 8.61. The zero-order valence-corrected chi connectivity index (χ0v) is 12.7. The third-order valence-electron chi connectivity index (χ3n) is 2.51. The van der Waals surface area contributed by atoms with Crippen LogP contribution in [0.3, 0.4) is 0 Å². The second-order valence-electron chi connectivity index (χ2n) is 3.67. The molecule has 0 radical (unpaired) electrons. The highest BCUT2D eigenvalue weighted by Gasteiger charge is 2.17. The summed E-state index contributed by atoms with van der Waals surface area (Å²) in [5, 5.41) is 1.84. The third-order valence-corrected chi connectivity index (χ3v) is 4.30. The lowest BCUT2D eigenvalue weighted by Gasteiger charge is -2.20. The fourth-order valence-corrected chi connectivity index (χ4v) is 2.96. The standard InChI is InChI=1S/C13H11FINOS/c1-2-16(11-5-3-10(14)4-6-11)13(17)9-7-12(15)18-8-9/h3-8H,2H2,1H3. The van der Waals surface area contributed by atoms with Crippen molar-refractivity contribution in [1.29, 1.82) is 0 Å². The second-order valence-corrected chi connectivity index (χ2v) is 6.47. The Morgan fingerprint density at radius 3 is 2.56 bits per heavy atom. The molecule has 0 spiro atoms. The number of carbonyl (C=O) groups is 1. The third kappa shape index (κ3) is 2.89. The van der Waals surface area contributed by atoms with E-state index in [1.54, 1.807) is 17.0 Å². The maximum atomic E-state index is 12.9. The minimum Gasteiger partial charge on any atom is -0.309 e. The van der Waals surface area contributed by atoms with Gasteiger partial charge in [0, 0.05) is 17.6 Å². The number of nitrogens with zero attached hydrogens (tertiary/aromatic N) is 1. The van der Waals surface area contributed by atoms with Crippen LogP contribution in [0.1, 0.15) is 17.3 Å². The van der Waals surface area contributed by atoms with Gasteiger partial charge in [0.05, 0.1) is 8.45 Å². The zero-order valence-electron chi connectivity index (χ0n) is 9.69. The van der Waals surface area contributed by atoms with Crippen LogP contribution in [0.25, 0.3) is 0 Å². The van der Waals surface area contributed by atoms with E-state index in [1.165, 1.54) is 23.5 Å². The normalized spacial score (nSPS) is 10.4. The summed E-state index contributed by atoms with van der Waals surface area (Å²) in [4.78, 5) is 13.9. The van der Waals surface area contributed by atoms with Gasteiger partial charge in [-0.05, 0) is 59.8 Å². The molecule has 2 aromatic rings. The minimum atomic E-state index is -0.299. The Balaban J connectivity index is 2.28. The first-order valence-corrected chi connectivity index (χ1v) is 7.39. The molecular weight excluding hydrogens is 364 g/mol. The molecule has 0 aliphatic carbocycles. The van der Waals surface area contributed by atoms with Crippen LogP contribution in [0.5, 0.6) is 0 Å². The van der Waals surface area contributed by atoms with Gasteiger partial charge < -0.3 is 4.90 Å². The molecule has 18 heavy (non-hydrogen) atoms. The first-order valence-electron chi connectivity index (χ1n) is 5.43. The van der Waals surface area contributed by atoms with Gasteiger partial charge in [0.15, 0.2) is 0 Å². The lowest BCUT2D eigenvalue weighted by molar-refractivity contribution is 0.0988. The van der Waals surface area contributed by atoms with E-state index in [-0.39, 0.29) is 11.7 Å². The van der Waals surface area contributed by atoms with E-state index in [0.29, 0.717) is 17.8 Å². The largest absolute Gasteiger partial charge is 0.309 e. The molecule has 0 unspecified atom stereocenters. The van der Waals surface area contributed by atoms with Gasteiger partial charge in [0.1, 0.15) is 5.82 Å². The van der Waals surface area contributed by atoms with Gasteiger partial charge in [0.2, 0.25) is 0 Å². The number of hydrogen-bond donors (Lipinski definition) is 0. The highest BCUT2D eigenvalue weighted by Crippen LogP contribution is 2.21. The van der Waals surface area contributed by atoms with Gasteiger partial charge in [-0.2, -0.15) is 0 Å². The molecule has 5 heteroatoms. The molecular formula is C13H11FINOS. The summed E-state index contributed by atoms with van der Waals surface area (Å²) in [6.45, 7) is 2.45. The lowest BCUT2D eigenvalue weighted by atomic mass is 10.2. The van der Waals surface area contributed by atoms with Crippen molar-refractivity contribution in [1.82, 2.24) is 0 Å². The molecule has 1 amide bonds. The summed E-state index contributed by atoms with van der Waals surface area (Å²) in [6.07, 6.45) is 0. The molecule has 0 aliphatic rings. The SMILES string of the molecule is CCN(C(=O)c1csc(I)c1)c1ccc(F)cc1. The summed E-state index contributed by atoms with van der Waals surface area (Å²) in [7, 11) is 0. The molecule has 0 saturated heterocycles. The zero-order chi connectivity index (χ0) is 13.1. The number of thiophene rings is 1. The first kappa shape index (κ1) is 13.5. The quantitative estimate of drug-likeness (QED) is 0.738. The fraction of sp³-hybridized carbons (Fsp3) is 0.154.